The summed E-state index contributed by atoms with van der Waals surface area (Å²) in [6.45, 7) is 2.69. The Bertz CT molecular complexity index is 547. The maximum atomic E-state index is 12.5. The second-order valence-electron chi connectivity index (χ2n) is 11.6. The Kier molecular flexibility index (Phi) is 24.1. The molecule has 39 heavy (non-hydrogen) atoms. The quantitative estimate of drug-likeness (QED) is 0.0467. The van der Waals surface area contributed by atoms with E-state index in [0.29, 0.717) is 12.8 Å². The lowest BCUT2D eigenvalue weighted by Crippen LogP contribution is -2.50. The number of unbranched alkanes of at least 4 members (excludes halogenated alkanes) is 20. The zero-order valence-corrected chi connectivity index (χ0v) is 25.4. The van der Waals surface area contributed by atoms with E-state index in [1.165, 1.54) is 89.9 Å². The number of aliphatic hydroxyl groups is 4. The van der Waals surface area contributed by atoms with Crippen LogP contribution in [-0.4, -0.2) is 56.8 Å². The zero-order chi connectivity index (χ0) is 29.2. The molecule has 0 spiro atoms. The second kappa shape index (κ2) is 24.8. The van der Waals surface area contributed by atoms with Gasteiger partial charge in [-0.3, -0.25) is 0 Å². The van der Waals surface area contributed by atoms with Crippen molar-refractivity contribution >= 4 is 11.9 Å². The van der Waals surface area contributed by atoms with E-state index >= 15 is 0 Å². The summed E-state index contributed by atoms with van der Waals surface area (Å²) >= 11 is 0. The monoisotopic (exact) mass is 558 g/mol. The van der Waals surface area contributed by atoms with Crippen molar-refractivity contribution in [2.75, 3.05) is 13.2 Å². The van der Waals surface area contributed by atoms with Gasteiger partial charge >= 0.3 is 11.9 Å². The lowest BCUT2D eigenvalue weighted by atomic mass is 9.95. The van der Waals surface area contributed by atoms with Crippen LogP contribution in [0.15, 0.2) is 0 Å². The molecule has 0 heterocycles. The molecule has 0 aromatic rings. The Hall–Kier alpha value is -1.02. The summed E-state index contributed by atoms with van der Waals surface area (Å²) < 4.78 is 4.77. The highest BCUT2D eigenvalue weighted by Gasteiger charge is 2.43. The third-order valence-corrected chi connectivity index (χ3v) is 7.86. The predicted molar refractivity (Wildman–Crippen MR) is 157 cm³/mol. The Morgan fingerprint density at radius 3 is 0.923 bits per heavy atom. The van der Waals surface area contributed by atoms with E-state index in [4.69, 9.17) is 4.74 Å². The molecule has 0 bridgehead atoms. The Morgan fingerprint density at radius 2 is 0.692 bits per heavy atom. The first-order valence-electron chi connectivity index (χ1n) is 16.2. The molecule has 7 nitrogen and oxygen atoms in total. The number of ether oxygens (including phenoxy) is 1. The van der Waals surface area contributed by atoms with Crippen LogP contribution in [0.4, 0.5) is 0 Å². The van der Waals surface area contributed by atoms with Crippen LogP contribution in [0.3, 0.4) is 0 Å². The topological polar surface area (TPSA) is 124 Å². The van der Waals surface area contributed by atoms with Crippen molar-refractivity contribution in [1.29, 1.82) is 0 Å². The summed E-state index contributed by atoms with van der Waals surface area (Å²) in [5, 5.41) is 40.4. The van der Waals surface area contributed by atoms with Gasteiger partial charge < -0.3 is 25.2 Å². The van der Waals surface area contributed by atoms with Crippen LogP contribution in [0, 0.1) is 0 Å². The molecule has 0 aromatic heterocycles. The predicted octanol–water partition coefficient (Wildman–Crippen LogP) is 6.91. The van der Waals surface area contributed by atoms with Gasteiger partial charge in [-0.25, -0.2) is 9.59 Å². The number of esters is 2. The molecule has 2 atom stereocenters. The summed E-state index contributed by atoms with van der Waals surface area (Å²) in [6.07, 6.45) is 24.4. The maximum absolute atomic E-state index is 12.5. The minimum atomic E-state index is -2.19. The molecular formula is C32H62O7. The van der Waals surface area contributed by atoms with Gasteiger partial charge in [0.2, 0.25) is 0 Å². The van der Waals surface area contributed by atoms with Crippen molar-refractivity contribution in [1.82, 2.24) is 0 Å². The fourth-order valence-electron chi connectivity index (χ4n) is 4.93. The first-order valence-corrected chi connectivity index (χ1v) is 16.2. The SMILES string of the molecule is CCCCCCCCCCCCCC(O)(CO)C(=O)OC(=O)C(O)(CO)CCCCCCCCCCCCC. The summed E-state index contributed by atoms with van der Waals surface area (Å²) in [4.78, 5) is 25.0. The fraction of sp³-hybridized carbons (Fsp3) is 0.938. The molecule has 0 aliphatic rings. The molecule has 232 valence electrons. The summed E-state index contributed by atoms with van der Waals surface area (Å²) in [6, 6.07) is 0. The van der Waals surface area contributed by atoms with E-state index in [9.17, 15) is 30.0 Å². The van der Waals surface area contributed by atoms with Gasteiger partial charge in [0.05, 0.1) is 13.2 Å². The molecule has 0 amide bonds. The molecular weight excluding hydrogens is 496 g/mol. The standard InChI is InChI=1S/C32H62O7/c1-3-5-7-9-11-13-15-17-19-21-23-25-31(37,27-33)29(35)39-30(36)32(38,28-34)26-24-22-20-18-16-14-12-10-8-6-4-2/h33-34,37-38H,3-28H2,1-2H3. The maximum Gasteiger partial charge on any atom is 0.348 e. The first kappa shape index (κ1) is 38.0. The second-order valence-corrected chi connectivity index (χ2v) is 11.6. The molecule has 2 unspecified atom stereocenters. The van der Waals surface area contributed by atoms with Crippen LogP contribution in [-0.2, 0) is 14.3 Å². The van der Waals surface area contributed by atoms with Crippen molar-refractivity contribution in [3.05, 3.63) is 0 Å². The molecule has 0 aliphatic heterocycles. The van der Waals surface area contributed by atoms with Crippen molar-refractivity contribution in [2.24, 2.45) is 0 Å². The Labute approximate surface area is 239 Å². The lowest BCUT2D eigenvalue weighted by Gasteiger charge is -2.27. The third-order valence-electron chi connectivity index (χ3n) is 7.86. The average Bonchev–Trinajstić information content (AvgIpc) is 2.94. The highest BCUT2D eigenvalue weighted by atomic mass is 16.6. The normalized spacial score (nSPS) is 14.6. The molecule has 0 saturated carbocycles. The van der Waals surface area contributed by atoms with Crippen molar-refractivity contribution in [3.8, 4) is 0 Å². The summed E-state index contributed by atoms with van der Waals surface area (Å²) in [5.74, 6) is -2.54. The molecule has 7 heteroatoms. The van der Waals surface area contributed by atoms with E-state index in [1.807, 2.05) is 0 Å². The van der Waals surface area contributed by atoms with Gasteiger partial charge in [-0.1, -0.05) is 142 Å². The third kappa shape index (κ3) is 18.9. The van der Waals surface area contributed by atoms with Gasteiger partial charge in [-0.15, -0.1) is 0 Å². The van der Waals surface area contributed by atoms with Crippen molar-refractivity contribution in [2.45, 2.75) is 179 Å². The van der Waals surface area contributed by atoms with E-state index in [2.05, 4.69) is 13.8 Å². The largest absolute Gasteiger partial charge is 0.393 e. The van der Waals surface area contributed by atoms with Gasteiger partial charge in [-0.05, 0) is 25.7 Å². The number of aliphatic hydroxyl groups excluding tert-OH is 2. The van der Waals surface area contributed by atoms with Gasteiger partial charge in [0.15, 0.2) is 11.2 Å². The van der Waals surface area contributed by atoms with Crippen LogP contribution in [0.1, 0.15) is 168 Å². The molecule has 0 saturated heterocycles. The van der Waals surface area contributed by atoms with E-state index in [-0.39, 0.29) is 12.8 Å². The minimum absolute atomic E-state index is 0.0250. The zero-order valence-electron chi connectivity index (χ0n) is 25.4. The summed E-state index contributed by atoms with van der Waals surface area (Å²) in [7, 11) is 0. The number of carbonyl (C=O) groups is 2. The van der Waals surface area contributed by atoms with E-state index in [1.54, 1.807) is 0 Å². The van der Waals surface area contributed by atoms with Gasteiger partial charge in [0.25, 0.3) is 0 Å². The fourth-order valence-corrected chi connectivity index (χ4v) is 4.93. The van der Waals surface area contributed by atoms with Gasteiger partial charge in [-0.2, -0.15) is 0 Å². The lowest BCUT2D eigenvalue weighted by molar-refractivity contribution is -0.190. The molecule has 0 rings (SSSR count). The first-order chi connectivity index (χ1) is 18.8. The van der Waals surface area contributed by atoms with Crippen molar-refractivity contribution < 1.29 is 34.8 Å². The molecule has 0 aliphatic carbocycles. The minimum Gasteiger partial charge on any atom is -0.393 e. The van der Waals surface area contributed by atoms with Crippen LogP contribution < -0.4 is 0 Å². The van der Waals surface area contributed by atoms with E-state index < -0.39 is 36.4 Å². The smallest absolute Gasteiger partial charge is 0.348 e. The summed E-state index contributed by atoms with van der Waals surface area (Å²) in [5.41, 5.74) is -4.39. The van der Waals surface area contributed by atoms with Gasteiger partial charge in [0.1, 0.15) is 0 Å². The number of hydrogen-bond acceptors (Lipinski definition) is 7. The van der Waals surface area contributed by atoms with Crippen LogP contribution in [0.5, 0.6) is 0 Å². The van der Waals surface area contributed by atoms with Crippen molar-refractivity contribution in [3.63, 3.8) is 0 Å². The molecule has 0 aromatic carbocycles. The van der Waals surface area contributed by atoms with Gasteiger partial charge in [0, 0.05) is 0 Å². The average molecular weight is 559 g/mol. The highest BCUT2D eigenvalue weighted by Crippen LogP contribution is 2.22. The molecule has 0 fully saturated rings. The number of carbonyl (C=O) groups excluding carboxylic acids is 2. The number of hydrogen-bond donors (Lipinski definition) is 4. The van der Waals surface area contributed by atoms with E-state index in [0.717, 1.165) is 38.5 Å². The van der Waals surface area contributed by atoms with Crippen LogP contribution in [0.2, 0.25) is 0 Å². The Balaban J connectivity index is 4.20. The Morgan fingerprint density at radius 1 is 0.462 bits per heavy atom. The van der Waals surface area contributed by atoms with Crippen LogP contribution in [0.25, 0.3) is 0 Å². The number of rotatable bonds is 28. The molecule has 0 radical (unpaired) electrons. The highest BCUT2D eigenvalue weighted by molar-refractivity contribution is 5.94. The van der Waals surface area contributed by atoms with Crippen LogP contribution >= 0.6 is 0 Å². The molecule has 4 N–H and O–H groups in total.